The Hall–Kier alpha value is -1.11. The molecule has 1 nitrogen and oxygen atoms in total. The molecule has 0 saturated heterocycles. The molecule has 0 amide bonds. The van der Waals surface area contributed by atoms with E-state index in [1.165, 1.54) is 5.56 Å². The van der Waals surface area contributed by atoms with Gasteiger partial charge in [-0.1, -0.05) is 26.0 Å². The summed E-state index contributed by atoms with van der Waals surface area (Å²) in [4.78, 5) is 11.7. The van der Waals surface area contributed by atoms with E-state index in [4.69, 9.17) is 0 Å². The van der Waals surface area contributed by atoms with Crippen molar-refractivity contribution in [2.24, 2.45) is 0 Å². The van der Waals surface area contributed by atoms with Gasteiger partial charge in [0, 0.05) is 12.0 Å². The number of ketones is 1. The maximum absolute atomic E-state index is 11.7. The van der Waals surface area contributed by atoms with E-state index in [1.807, 2.05) is 20.8 Å². The predicted molar refractivity (Wildman–Crippen MR) is 59.9 cm³/mol. The standard InChI is InChI=1S/C13H18O/c1-5-11-7-9(3)13(10(4)8-11)12(14)6-2/h7-8H,5-6H2,1-4H3. The van der Waals surface area contributed by atoms with E-state index in [1.54, 1.807) is 0 Å². The molecule has 0 heterocycles. The second kappa shape index (κ2) is 4.41. The molecule has 0 bridgehead atoms. The number of benzene rings is 1. The van der Waals surface area contributed by atoms with Crippen LogP contribution in [0.1, 0.15) is 47.3 Å². The summed E-state index contributed by atoms with van der Waals surface area (Å²) in [5.74, 6) is 0.252. The maximum atomic E-state index is 11.7. The molecule has 76 valence electrons. The first-order chi connectivity index (χ1) is 6.60. The summed E-state index contributed by atoms with van der Waals surface area (Å²) in [6.45, 7) is 8.09. The van der Waals surface area contributed by atoms with Gasteiger partial charge in [0.05, 0.1) is 0 Å². The van der Waals surface area contributed by atoms with Gasteiger partial charge in [0.25, 0.3) is 0 Å². The molecule has 0 saturated carbocycles. The summed E-state index contributed by atoms with van der Waals surface area (Å²) in [6, 6.07) is 4.24. The zero-order valence-electron chi connectivity index (χ0n) is 9.48. The minimum Gasteiger partial charge on any atom is -0.294 e. The zero-order chi connectivity index (χ0) is 10.7. The van der Waals surface area contributed by atoms with E-state index < -0.39 is 0 Å². The van der Waals surface area contributed by atoms with E-state index in [2.05, 4.69) is 19.1 Å². The molecule has 0 aliphatic rings. The fourth-order valence-electron chi connectivity index (χ4n) is 1.87. The Balaban J connectivity index is 3.25. The maximum Gasteiger partial charge on any atom is 0.163 e. The molecule has 0 N–H and O–H groups in total. The molecular weight excluding hydrogens is 172 g/mol. The third kappa shape index (κ3) is 2.03. The van der Waals surface area contributed by atoms with Crippen LogP contribution in [0.3, 0.4) is 0 Å². The molecule has 0 fully saturated rings. The molecule has 1 aromatic rings. The van der Waals surface area contributed by atoms with Crippen LogP contribution in [0.2, 0.25) is 0 Å². The smallest absolute Gasteiger partial charge is 0.163 e. The first-order valence-electron chi connectivity index (χ1n) is 5.23. The average Bonchev–Trinajstić information content (AvgIpc) is 2.16. The first-order valence-corrected chi connectivity index (χ1v) is 5.23. The quantitative estimate of drug-likeness (QED) is 0.667. The monoisotopic (exact) mass is 190 g/mol. The highest BCUT2D eigenvalue weighted by atomic mass is 16.1. The van der Waals surface area contributed by atoms with Gasteiger partial charge in [-0.2, -0.15) is 0 Å². The van der Waals surface area contributed by atoms with Gasteiger partial charge in [0.15, 0.2) is 5.78 Å². The van der Waals surface area contributed by atoms with Crippen molar-refractivity contribution < 1.29 is 4.79 Å². The van der Waals surface area contributed by atoms with Crippen molar-refractivity contribution in [3.8, 4) is 0 Å². The lowest BCUT2D eigenvalue weighted by molar-refractivity contribution is 0.0987. The molecule has 0 radical (unpaired) electrons. The lowest BCUT2D eigenvalue weighted by Crippen LogP contribution is -2.04. The largest absolute Gasteiger partial charge is 0.294 e. The molecule has 0 spiro atoms. The summed E-state index contributed by atoms with van der Waals surface area (Å²) in [5, 5.41) is 0. The Morgan fingerprint density at radius 2 is 1.64 bits per heavy atom. The van der Waals surface area contributed by atoms with Crippen LogP contribution in [0.5, 0.6) is 0 Å². The van der Waals surface area contributed by atoms with E-state index >= 15 is 0 Å². The fourth-order valence-corrected chi connectivity index (χ4v) is 1.87. The highest BCUT2D eigenvalue weighted by molar-refractivity contribution is 5.98. The Morgan fingerprint density at radius 1 is 1.14 bits per heavy atom. The van der Waals surface area contributed by atoms with Crippen molar-refractivity contribution in [2.75, 3.05) is 0 Å². The van der Waals surface area contributed by atoms with Gasteiger partial charge in [0.2, 0.25) is 0 Å². The van der Waals surface area contributed by atoms with Gasteiger partial charge < -0.3 is 0 Å². The van der Waals surface area contributed by atoms with Gasteiger partial charge >= 0.3 is 0 Å². The molecule has 0 aliphatic carbocycles. The molecular formula is C13H18O. The van der Waals surface area contributed by atoms with Crippen LogP contribution in [-0.4, -0.2) is 5.78 Å². The summed E-state index contributed by atoms with van der Waals surface area (Å²) >= 11 is 0. The van der Waals surface area contributed by atoms with E-state index in [-0.39, 0.29) is 5.78 Å². The molecule has 1 heteroatoms. The number of hydrogen-bond acceptors (Lipinski definition) is 1. The van der Waals surface area contributed by atoms with Crippen LogP contribution >= 0.6 is 0 Å². The highest BCUT2D eigenvalue weighted by Gasteiger charge is 2.10. The van der Waals surface area contributed by atoms with Crippen LogP contribution in [0, 0.1) is 13.8 Å². The molecule has 0 aliphatic heterocycles. The topological polar surface area (TPSA) is 17.1 Å². The third-order valence-corrected chi connectivity index (χ3v) is 2.60. The molecule has 0 unspecified atom stereocenters. The number of aryl methyl sites for hydroxylation is 3. The summed E-state index contributed by atoms with van der Waals surface area (Å²) in [6.07, 6.45) is 1.62. The van der Waals surface area contributed by atoms with Gasteiger partial charge in [0.1, 0.15) is 0 Å². The van der Waals surface area contributed by atoms with Crippen LogP contribution < -0.4 is 0 Å². The van der Waals surface area contributed by atoms with E-state index in [9.17, 15) is 4.79 Å². The average molecular weight is 190 g/mol. The number of rotatable bonds is 3. The molecule has 0 atom stereocenters. The van der Waals surface area contributed by atoms with Crippen molar-refractivity contribution in [1.82, 2.24) is 0 Å². The van der Waals surface area contributed by atoms with Crippen molar-refractivity contribution in [3.05, 3.63) is 34.4 Å². The highest BCUT2D eigenvalue weighted by Crippen LogP contribution is 2.18. The van der Waals surface area contributed by atoms with Gasteiger partial charge in [-0.25, -0.2) is 0 Å². The van der Waals surface area contributed by atoms with Crippen LogP contribution in [0.25, 0.3) is 0 Å². The second-order valence-electron chi connectivity index (χ2n) is 3.73. The fraction of sp³-hybridized carbons (Fsp3) is 0.462. The predicted octanol–water partition coefficient (Wildman–Crippen LogP) is 3.46. The number of Topliss-reactive ketones (excluding diaryl/α,β-unsaturated/α-hetero) is 1. The minimum atomic E-state index is 0.252. The molecule has 14 heavy (non-hydrogen) atoms. The Labute approximate surface area is 86.1 Å². The van der Waals surface area contributed by atoms with E-state index in [0.29, 0.717) is 6.42 Å². The lowest BCUT2D eigenvalue weighted by atomic mass is 9.94. The number of carbonyl (C=O) groups is 1. The van der Waals surface area contributed by atoms with Crippen molar-refractivity contribution >= 4 is 5.78 Å². The normalized spacial score (nSPS) is 10.3. The molecule has 1 rings (SSSR count). The Kier molecular flexibility index (Phi) is 3.45. The second-order valence-corrected chi connectivity index (χ2v) is 3.73. The lowest BCUT2D eigenvalue weighted by Gasteiger charge is -2.09. The van der Waals surface area contributed by atoms with Crippen molar-refractivity contribution in [1.29, 1.82) is 0 Å². The SMILES string of the molecule is CCC(=O)c1c(C)cc(CC)cc1C. The zero-order valence-corrected chi connectivity index (χ0v) is 9.48. The molecule has 0 aromatic heterocycles. The first kappa shape index (κ1) is 11.0. The van der Waals surface area contributed by atoms with Crippen LogP contribution in [0.15, 0.2) is 12.1 Å². The Bertz CT molecular complexity index is 327. The minimum absolute atomic E-state index is 0.252. The van der Waals surface area contributed by atoms with Gasteiger partial charge in [-0.3, -0.25) is 4.79 Å². The summed E-state index contributed by atoms with van der Waals surface area (Å²) < 4.78 is 0. The van der Waals surface area contributed by atoms with Crippen molar-refractivity contribution in [3.63, 3.8) is 0 Å². The number of carbonyl (C=O) groups excluding carboxylic acids is 1. The van der Waals surface area contributed by atoms with Gasteiger partial charge in [-0.05, 0) is 37.0 Å². The van der Waals surface area contributed by atoms with Crippen molar-refractivity contribution in [2.45, 2.75) is 40.5 Å². The van der Waals surface area contributed by atoms with Crippen LogP contribution in [0.4, 0.5) is 0 Å². The van der Waals surface area contributed by atoms with E-state index in [0.717, 1.165) is 23.1 Å². The van der Waals surface area contributed by atoms with Gasteiger partial charge in [-0.15, -0.1) is 0 Å². The summed E-state index contributed by atoms with van der Waals surface area (Å²) in [7, 11) is 0. The summed E-state index contributed by atoms with van der Waals surface area (Å²) in [5.41, 5.74) is 4.47. The van der Waals surface area contributed by atoms with Crippen LogP contribution in [-0.2, 0) is 6.42 Å². The molecule has 1 aromatic carbocycles. The Morgan fingerprint density at radius 3 is 2.00 bits per heavy atom. The third-order valence-electron chi connectivity index (χ3n) is 2.60. The number of hydrogen-bond donors (Lipinski definition) is 0.